The zero-order valence-corrected chi connectivity index (χ0v) is 68.7. The van der Waals surface area contributed by atoms with Crippen LogP contribution in [0.2, 0.25) is 0 Å². The fourth-order valence-corrected chi connectivity index (χ4v) is 13.5. The fourth-order valence-electron chi connectivity index (χ4n) is 13.5. The molecule has 648 valence electrons. The molecule has 32 heteroatoms. The maximum absolute atomic E-state index is 13.5. The first-order chi connectivity index (χ1) is 58.9. The molecule has 3 aromatic heterocycles. The summed E-state index contributed by atoms with van der Waals surface area (Å²) in [5.74, 6) is 10.3. The summed E-state index contributed by atoms with van der Waals surface area (Å²) in [4.78, 5) is 123. The first kappa shape index (κ1) is 95.4. The second-order valence-corrected chi connectivity index (χ2v) is 29.3. The summed E-state index contributed by atoms with van der Waals surface area (Å²) in [7, 11) is 0. The lowest BCUT2D eigenvalue weighted by Crippen LogP contribution is -2.54. The summed E-state index contributed by atoms with van der Waals surface area (Å²) in [5, 5.41) is 15.9. The number of para-hydroxylation sites is 3. The number of anilines is 1. The minimum atomic E-state index is -4.48. The lowest BCUT2D eigenvalue weighted by Gasteiger charge is -2.26. The second-order valence-electron chi connectivity index (χ2n) is 29.3. The number of Topliss-reactive ketones (excluding diaryl/α,β-unsaturated/α-hetero) is 3. The quantitative estimate of drug-likeness (QED) is 0.00993. The predicted octanol–water partition coefficient (Wildman–Crippen LogP) is 5.32. The highest BCUT2D eigenvalue weighted by Gasteiger charge is 2.32. The van der Waals surface area contributed by atoms with E-state index < -0.39 is 53.9 Å². The van der Waals surface area contributed by atoms with Gasteiger partial charge in [-0.25, -0.2) is 21.3 Å². The normalized spacial score (nSPS) is 12.1. The first-order valence-electron chi connectivity index (χ1n) is 40.7. The van der Waals surface area contributed by atoms with Gasteiger partial charge in [0.05, 0.1) is 46.3 Å². The molecule has 0 unspecified atom stereocenters. The van der Waals surface area contributed by atoms with Crippen LogP contribution in [0.1, 0.15) is 63.8 Å². The summed E-state index contributed by atoms with van der Waals surface area (Å²) in [6.45, 7) is 5.98. The van der Waals surface area contributed by atoms with Crippen molar-refractivity contribution in [2.24, 2.45) is 51.8 Å². The standard InChI is InChI=1S/C33H37F3N6O2.C29H40N8O3.C28H37N7O3/c34-33(35,36)26-9-5-23(6-10-26)19-30(31(43)20-24-17-25-3-1-2-4-29(25)40-21-24)41-32(44)28(39)18-22-7-11-27(12-8-22)42(15-13-37)16-14-38;30-12-14-33-15-17-36(16-13-31)28(39)21-37(32)29(40)35-26(11-10-22-6-2-1-3-7-22)27(38)19-23-18-24-8-4-5-9-25(24)34-20-23;29-13-16-34(17-14-30)27(37)12-15-35(31)28(38)33-25(11-10-21-6-2-1-3-7-21)26(36)19-22-18-23-8-4-5-9-24(23)32-20-22/h1-12,17,21,28,30H,13-16,18-20,37-39H2,(H,41,44);1-9,18,20,26,33H,10-17,19,21,30-32H2,(H,35,40);1-9,18,20,25H,10-17,19,29-31H2,(H,33,38)/t28-,30-;26-;25-/m000/s1. The fraction of sp³-hybridized carbons (Fsp3) is 0.344. The number of nitrogens with two attached hydrogens (primary N) is 9. The van der Waals surface area contributed by atoms with E-state index in [0.29, 0.717) is 122 Å². The number of rotatable bonds is 44. The maximum atomic E-state index is 13.5. The van der Waals surface area contributed by atoms with Gasteiger partial charge in [0.1, 0.15) is 6.54 Å². The van der Waals surface area contributed by atoms with Crippen molar-refractivity contribution in [2.75, 3.05) is 110 Å². The van der Waals surface area contributed by atoms with Crippen molar-refractivity contribution in [3.63, 3.8) is 0 Å². The van der Waals surface area contributed by atoms with Crippen molar-refractivity contribution in [1.82, 2.24) is 56.0 Å². The highest BCUT2D eigenvalue weighted by molar-refractivity contribution is 5.94. The van der Waals surface area contributed by atoms with Gasteiger partial charge in [0.15, 0.2) is 17.3 Å². The Morgan fingerprint density at radius 3 is 1.23 bits per heavy atom. The van der Waals surface area contributed by atoms with Crippen LogP contribution in [0.4, 0.5) is 28.4 Å². The van der Waals surface area contributed by atoms with Crippen molar-refractivity contribution in [3.8, 4) is 0 Å². The number of fused-ring (bicyclic) bond motifs is 3. The number of hydrogen-bond donors (Lipinski definition) is 13. The molecule has 22 N–H and O–H groups in total. The Labute approximate surface area is 709 Å². The van der Waals surface area contributed by atoms with Crippen LogP contribution in [0.25, 0.3) is 32.7 Å². The van der Waals surface area contributed by atoms with Gasteiger partial charge in [-0.05, 0) is 138 Å². The third-order valence-electron chi connectivity index (χ3n) is 20.1. The second kappa shape index (κ2) is 50.2. The Kier molecular flexibility index (Phi) is 39.3. The number of aromatic nitrogens is 3. The Balaban J connectivity index is 0.000000228. The van der Waals surface area contributed by atoms with Gasteiger partial charge in [0.2, 0.25) is 17.7 Å². The maximum Gasteiger partial charge on any atom is 0.416 e. The van der Waals surface area contributed by atoms with Gasteiger partial charge < -0.3 is 76.1 Å². The molecule has 0 fully saturated rings. The molecular weight excluding hydrogens is 1560 g/mol. The molecule has 0 saturated carbocycles. The number of pyridine rings is 3. The Morgan fingerprint density at radius 2 is 0.795 bits per heavy atom. The predicted molar refractivity (Wildman–Crippen MR) is 470 cm³/mol. The van der Waals surface area contributed by atoms with E-state index in [1.165, 1.54) is 12.1 Å². The zero-order chi connectivity index (χ0) is 87.8. The van der Waals surface area contributed by atoms with Crippen LogP contribution in [-0.2, 0) is 79.9 Å². The number of hydrogen-bond acceptors (Lipinski definition) is 22. The molecule has 3 heterocycles. The average molecular weight is 1680 g/mol. The van der Waals surface area contributed by atoms with E-state index in [1.54, 1.807) is 28.4 Å². The molecule has 0 aliphatic rings. The van der Waals surface area contributed by atoms with Crippen LogP contribution >= 0.6 is 0 Å². The van der Waals surface area contributed by atoms with Crippen LogP contribution < -0.4 is 78.0 Å². The Bertz CT molecular complexity index is 4950. The number of hydrazine groups is 2. The minimum Gasteiger partial charge on any atom is -0.369 e. The van der Waals surface area contributed by atoms with Gasteiger partial charge in [0, 0.05) is 164 Å². The van der Waals surface area contributed by atoms with Gasteiger partial charge in [-0.2, -0.15) is 13.2 Å². The van der Waals surface area contributed by atoms with Gasteiger partial charge in [0.25, 0.3) is 0 Å². The summed E-state index contributed by atoms with van der Waals surface area (Å²) >= 11 is 0. The van der Waals surface area contributed by atoms with Gasteiger partial charge >= 0.3 is 18.2 Å². The van der Waals surface area contributed by atoms with E-state index in [4.69, 9.17) is 51.8 Å². The number of carbonyl (C=O) groups is 8. The van der Waals surface area contributed by atoms with E-state index >= 15 is 0 Å². The van der Waals surface area contributed by atoms with Crippen LogP contribution in [0.15, 0.2) is 219 Å². The zero-order valence-electron chi connectivity index (χ0n) is 68.7. The molecule has 10 aromatic rings. The van der Waals surface area contributed by atoms with Crippen molar-refractivity contribution < 1.29 is 51.5 Å². The molecule has 0 bridgehead atoms. The smallest absolute Gasteiger partial charge is 0.369 e. The van der Waals surface area contributed by atoms with Crippen LogP contribution in [0.3, 0.4) is 0 Å². The molecule has 0 saturated heterocycles. The third kappa shape index (κ3) is 31.5. The van der Waals surface area contributed by atoms with Crippen LogP contribution in [0, 0.1) is 0 Å². The molecule has 0 radical (unpaired) electrons. The molecule has 122 heavy (non-hydrogen) atoms. The number of benzene rings is 7. The molecule has 0 spiro atoms. The van der Waals surface area contributed by atoms with E-state index in [-0.39, 0.29) is 87.3 Å². The lowest BCUT2D eigenvalue weighted by atomic mass is 9.96. The molecule has 0 aliphatic heterocycles. The number of alkyl halides is 3. The Morgan fingerprint density at radius 1 is 0.393 bits per heavy atom. The summed E-state index contributed by atoms with van der Waals surface area (Å²) in [5.41, 5.74) is 48.2. The number of carbonyl (C=O) groups excluding carboxylic acids is 8. The van der Waals surface area contributed by atoms with Gasteiger partial charge in [-0.3, -0.25) is 53.7 Å². The number of urea groups is 2. The first-order valence-corrected chi connectivity index (χ1v) is 40.7. The van der Waals surface area contributed by atoms with Crippen LogP contribution in [-0.4, -0.2) is 211 Å². The molecule has 7 aromatic carbocycles. The van der Waals surface area contributed by atoms with E-state index in [2.05, 4.69) is 41.1 Å². The minimum absolute atomic E-state index is 0.00323. The largest absolute Gasteiger partial charge is 0.416 e. The lowest BCUT2D eigenvalue weighted by molar-refractivity contribution is -0.137. The van der Waals surface area contributed by atoms with Crippen LogP contribution in [0.5, 0.6) is 0 Å². The topological polar surface area (TPSA) is 474 Å². The average Bonchev–Trinajstić information content (AvgIpc) is 0.839. The molecule has 7 amide bonds. The Hall–Kier alpha value is -12.1. The highest BCUT2D eigenvalue weighted by Crippen LogP contribution is 2.30. The number of nitrogens with one attached hydrogen (secondary N) is 4. The van der Waals surface area contributed by atoms with Gasteiger partial charge in [-0.1, -0.05) is 140 Å². The van der Waals surface area contributed by atoms with E-state index in [9.17, 15) is 51.5 Å². The summed E-state index contributed by atoms with van der Waals surface area (Å²) in [6.07, 6.45) is 2.89. The monoisotopic (exact) mass is 1670 g/mol. The molecular formula is C90H114F3N21O8. The van der Waals surface area contributed by atoms with Crippen molar-refractivity contribution in [1.29, 1.82) is 0 Å². The van der Waals surface area contributed by atoms with E-state index in [1.807, 2.05) is 176 Å². The van der Waals surface area contributed by atoms with Gasteiger partial charge in [-0.15, -0.1) is 0 Å². The van der Waals surface area contributed by atoms with Crippen molar-refractivity contribution >= 4 is 85.5 Å². The number of amides is 7. The molecule has 0 aliphatic carbocycles. The number of ketones is 3. The van der Waals surface area contributed by atoms with E-state index in [0.717, 1.165) is 88.4 Å². The highest BCUT2D eigenvalue weighted by atomic mass is 19.4. The number of halogens is 3. The number of nitrogens with zero attached hydrogens (tertiary/aromatic N) is 8. The molecule has 4 atom stereocenters. The summed E-state index contributed by atoms with van der Waals surface area (Å²) in [6, 6.07) is 55.3. The third-order valence-corrected chi connectivity index (χ3v) is 20.1. The summed E-state index contributed by atoms with van der Waals surface area (Å²) < 4.78 is 39.3. The number of aryl methyl sites for hydroxylation is 2. The van der Waals surface area contributed by atoms with Crippen molar-refractivity contribution in [3.05, 3.63) is 263 Å². The van der Waals surface area contributed by atoms with Crippen molar-refractivity contribution in [2.45, 2.75) is 94.6 Å². The SMILES string of the molecule is NCCN(CCN)C(=O)CCN(N)C(=O)N[C@@H](CCc1ccccc1)C(=O)Cc1cnc2ccccc2c1.NCCN(CCN)c1ccc(C[C@H](N)C(=O)N[C@@H](Cc2ccc(C(F)(F)F)cc2)C(=O)Cc2cnc3ccccc3c2)cc1.NCCNCCN(CCN)C(=O)CN(N)C(=O)N[C@@H](CCc1ccccc1)C(=O)Cc1cnc2ccccc2c1. The molecule has 10 rings (SSSR count). The molecule has 29 nitrogen and oxygen atoms in total.